The van der Waals surface area contributed by atoms with Crippen molar-refractivity contribution in [2.45, 2.75) is 11.8 Å². The summed E-state index contributed by atoms with van der Waals surface area (Å²) in [5.74, 6) is 0. The van der Waals surface area contributed by atoms with Gasteiger partial charge in [0.05, 0.1) is 19.2 Å². The summed E-state index contributed by atoms with van der Waals surface area (Å²) in [6.07, 6.45) is 0. The molecule has 1 aromatic carbocycles. The molecule has 0 unspecified atom stereocenters. The molecule has 0 spiro atoms. The topological polar surface area (TPSA) is 18.5 Å². The van der Waals surface area contributed by atoms with E-state index in [1.54, 1.807) is 0 Å². The zero-order chi connectivity index (χ0) is 8.97. The molecule has 0 aliphatic carbocycles. The quantitative estimate of drug-likeness (QED) is 0.428. The Labute approximate surface area is 81.0 Å². The molecule has 0 N–H and O–H groups in total. The van der Waals surface area contributed by atoms with Crippen LogP contribution >= 0.6 is 23.6 Å². The Morgan fingerprint density at radius 2 is 2.17 bits per heavy atom. The van der Waals surface area contributed by atoms with E-state index in [0.29, 0.717) is 5.02 Å². The molecule has 0 saturated heterocycles. The molecular formula is C8H9ClO2S. The Morgan fingerprint density at radius 1 is 1.42 bits per heavy atom. The molecule has 12 heavy (non-hydrogen) atoms. The maximum Gasteiger partial charge on any atom is 0.0725 e. The molecule has 4 heteroatoms. The summed E-state index contributed by atoms with van der Waals surface area (Å²) in [6.45, 7) is 1.98. The van der Waals surface area contributed by atoms with Crippen LogP contribution < -0.4 is 0 Å². The van der Waals surface area contributed by atoms with E-state index in [1.165, 1.54) is 7.11 Å². The first-order valence-corrected chi connectivity index (χ1v) is 4.49. The minimum atomic E-state index is 0.697. The van der Waals surface area contributed by atoms with Gasteiger partial charge in [-0.2, -0.15) is 4.33 Å². The molecule has 0 aliphatic rings. The van der Waals surface area contributed by atoms with Crippen molar-refractivity contribution in [1.29, 1.82) is 0 Å². The van der Waals surface area contributed by atoms with Crippen molar-refractivity contribution in [2.24, 2.45) is 0 Å². The van der Waals surface area contributed by atoms with Crippen LogP contribution in [0.4, 0.5) is 0 Å². The van der Waals surface area contributed by atoms with Crippen LogP contribution in [0.5, 0.6) is 0 Å². The van der Waals surface area contributed by atoms with E-state index in [1.807, 2.05) is 25.1 Å². The average molecular weight is 205 g/mol. The van der Waals surface area contributed by atoms with Gasteiger partial charge in [0.2, 0.25) is 0 Å². The van der Waals surface area contributed by atoms with Gasteiger partial charge in [0.15, 0.2) is 0 Å². The van der Waals surface area contributed by atoms with Gasteiger partial charge in [-0.05, 0) is 24.6 Å². The highest BCUT2D eigenvalue weighted by Gasteiger charge is 2.00. The molecule has 0 bridgehead atoms. The van der Waals surface area contributed by atoms with Crippen molar-refractivity contribution in [3.63, 3.8) is 0 Å². The Hall–Kier alpha value is -0.220. The molecule has 1 rings (SSSR count). The van der Waals surface area contributed by atoms with Crippen LogP contribution in [0.15, 0.2) is 23.1 Å². The molecule has 1 aromatic rings. The summed E-state index contributed by atoms with van der Waals surface area (Å²) in [7, 11) is 1.47. The first-order valence-electron chi connectivity index (χ1n) is 3.37. The molecule has 0 fully saturated rings. The smallest absolute Gasteiger partial charge is 0.0725 e. The molecule has 0 aliphatic heterocycles. The van der Waals surface area contributed by atoms with Crippen molar-refractivity contribution >= 4 is 23.6 Å². The Bertz CT molecular complexity index is 265. The summed E-state index contributed by atoms with van der Waals surface area (Å²) in [6, 6.07) is 5.61. The lowest BCUT2D eigenvalue weighted by Gasteiger charge is -2.02. The number of benzene rings is 1. The number of halogens is 1. The van der Waals surface area contributed by atoms with Crippen LogP contribution in [0.2, 0.25) is 5.02 Å². The van der Waals surface area contributed by atoms with Crippen molar-refractivity contribution in [1.82, 2.24) is 0 Å². The van der Waals surface area contributed by atoms with Gasteiger partial charge in [-0.25, -0.2) is 4.89 Å². The monoisotopic (exact) mass is 204 g/mol. The van der Waals surface area contributed by atoms with Crippen molar-refractivity contribution < 1.29 is 9.22 Å². The second-order valence-corrected chi connectivity index (χ2v) is 3.41. The SMILES string of the molecule is COOSc1cc(Cl)ccc1C. The summed E-state index contributed by atoms with van der Waals surface area (Å²) in [4.78, 5) is 5.42. The van der Waals surface area contributed by atoms with E-state index >= 15 is 0 Å². The van der Waals surface area contributed by atoms with Crippen LogP contribution in [0, 0.1) is 6.92 Å². The summed E-state index contributed by atoms with van der Waals surface area (Å²) >= 11 is 6.94. The Balaban J connectivity index is 2.75. The molecule has 0 aromatic heterocycles. The summed E-state index contributed by atoms with van der Waals surface area (Å²) in [5.41, 5.74) is 1.11. The lowest BCUT2D eigenvalue weighted by atomic mass is 10.2. The van der Waals surface area contributed by atoms with Gasteiger partial charge >= 0.3 is 0 Å². The average Bonchev–Trinajstić information content (AvgIpc) is 2.07. The van der Waals surface area contributed by atoms with Gasteiger partial charge in [0.1, 0.15) is 0 Å². The van der Waals surface area contributed by atoms with Gasteiger partial charge in [-0.1, -0.05) is 17.7 Å². The number of rotatable bonds is 3. The molecule has 0 radical (unpaired) electrons. The fourth-order valence-electron chi connectivity index (χ4n) is 0.734. The fraction of sp³-hybridized carbons (Fsp3) is 0.250. The first-order chi connectivity index (χ1) is 5.74. The maximum atomic E-state index is 5.79. The molecule has 2 nitrogen and oxygen atoms in total. The first kappa shape index (κ1) is 9.86. The molecule has 66 valence electrons. The normalized spacial score (nSPS) is 10.2. The van der Waals surface area contributed by atoms with Gasteiger partial charge in [0, 0.05) is 9.92 Å². The minimum Gasteiger partial charge on any atom is -0.227 e. The summed E-state index contributed by atoms with van der Waals surface area (Å²) < 4.78 is 4.71. The zero-order valence-corrected chi connectivity index (χ0v) is 8.41. The van der Waals surface area contributed by atoms with Crippen LogP contribution in [0.1, 0.15) is 5.56 Å². The van der Waals surface area contributed by atoms with Crippen molar-refractivity contribution in [2.75, 3.05) is 7.11 Å². The molecule has 0 saturated carbocycles. The van der Waals surface area contributed by atoms with Crippen LogP contribution in [-0.4, -0.2) is 7.11 Å². The second kappa shape index (κ2) is 4.72. The largest absolute Gasteiger partial charge is 0.227 e. The van der Waals surface area contributed by atoms with Crippen molar-refractivity contribution in [3.8, 4) is 0 Å². The molecule has 0 amide bonds. The number of aryl methyl sites for hydroxylation is 1. The number of hydrogen-bond acceptors (Lipinski definition) is 3. The highest BCUT2D eigenvalue weighted by molar-refractivity contribution is 7.94. The fourth-order valence-corrected chi connectivity index (χ4v) is 1.49. The van der Waals surface area contributed by atoms with Gasteiger partial charge < -0.3 is 0 Å². The Morgan fingerprint density at radius 3 is 2.83 bits per heavy atom. The minimum absolute atomic E-state index is 0.697. The molecular weight excluding hydrogens is 196 g/mol. The third-order valence-corrected chi connectivity index (χ3v) is 2.40. The predicted molar refractivity (Wildman–Crippen MR) is 50.1 cm³/mol. The van der Waals surface area contributed by atoms with Gasteiger partial charge in [-0.15, -0.1) is 0 Å². The van der Waals surface area contributed by atoms with Crippen molar-refractivity contribution in [3.05, 3.63) is 28.8 Å². The summed E-state index contributed by atoms with van der Waals surface area (Å²) in [5, 5.41) is 0.697. The molecule has 0 atom stereocenters. The highest BCUT2D eigenvalue weighted by Crippen LogP contribution is 2.26. The third kappa shape index (κ3) is 2.68. The van der Waals surface area contributed by atoms with E-state index < -0.39 is 0 Å². The van der Waals surface area contributed by atoms with E-state index in [9.17, 15) is 0 Å². The lowest BCUT2D eigenvalue weighted by Crippen LogP contribution is -1.82. The van der Waals surface area contributed by atoms with E-state index in [-0.39, 0.29) is 0 Å². The highest BCUT2D eigenvalue weighted by atomic mass is 35.5. The van der Waals surface area contributed by atoms with Gasteiger partial charge in [0.25, 0.3) is 0 Å². The second-order valence-electron chi connectivity index (χ2n) is 2.23. The van der Waals surface area contributed by atoms with Gasteiger partial charge in [-0.3, -0.25) is 0 Å². The van der Waals surface area contributed by atoms with Crippen LogP contribution in [0.3, 0.4) is 0 Å². The zero-order valence-electron chi connectivity index (χ0n) is 6.83. The van der Waals surface area contributed by atoms with E-state index in [2.05, 4.69) is 4.89 Å². The standard InChI is InChI=1S/C8H9ClO2S/c1-6-3-4-7(9)5-8(6)12-11-10-2/h3-5H,1-2H3. The third-order valence-electron chi connectivity index (χ3n) is 1.34. The lowest BCUT2D eigenvalue weighted by molar-refractivity contribution is -0.160. The van der Waals surface area contributed by atoms with E-state index in [0.717, 1.165) is 22.5 Å². The number of hydrogen-bond donors (Lipinski definition) is 0. The van der Waals surface area contributed by atoms with Crippen LogP contribution in [0.25, 0.3) is 0 Å². The predicted octanol–water partition coefficient (Wildman–Crippen LogP) is 3.23. The van der Waals surface area contributed by atoms with E-state index in [4.69, 9.17) is 15.9 Å². The molecule has 0 heterocycles. The van der Waals surface area contributed by atoms with Crippen LogP contribution in [-0.2, 0) is 9.22 Å². The maximum absolute atomic E-state index is 5.79. The Kier molecular flexibility index (Phi) is 3.88.